The minimum Gasteiger partial charge on any atom is -0.450 e. The Bertz CT molecular complexity index is 663. The summed E-state index contributed by atoms with van der Waals surface area (Å²) >= 11 is 3.45. The third-order valence-corrected chi connectivity index (χ3v) is 4.38. The van der Waals surface area contributed by atoms with Crippen LogP contribution >= 0.6 is 15.9 Å². The highest BCUT2D eigenvalue weighted by Crippen LogP contribution is 2.29. The topological polar surface area (TPSA) is 45.5 Å². The van der Waals surface area contributed by atoms with E-state index in [1.54, 1.807) is 0 Å². The molecule has 5 heteroatoms. The van der Waals surface area contributed by atoms with Gasteiger partial charge in [-0.2, -0.15) is 0 Å². The molecule has 0 bridgehead atoms. The van der Waals surface area contributed by atoms with Crippen molar-refractivity contribution < 1.29 is 9.21 Å². The molecule has 20 heavy (non-hydrogen) atoms. The predicted octanol–water partition coefficient (Wildman–Crippen LogP) is 3.02. The van der Waals surface area contributed by atoms with Gasteiger partial charge in [-0.1, -0.05) is 12.1 Å². The van der Waals surface area contributed by atoms with E-state index < -0.39 is 0 Å². The van der Waals surface area contributed by atoms with Crippen LogP contribution in [0.5, 0.6) is 0 Å². The van der Waals surface area contributed by atoms with Gasteiger partial charge in [-0.15, -0.1) is 0 Å². The van der Waals surface area contributed by atoms with Crippen molar-refractivity contribution in [3.63, 3.8) is 0 Å². The Balaban J connectivity index is 1.98. The lowest BCUT2D eigenvalue weighted by Crippen LogP contribution is -2.59. The van der Waals surface area contributed by atoms with Crippen LogP contribution in [-0.4, -0.2) is 36.0 Å². The number of nitrogens with zero attached hydrogens (tertiary/aromatic N) is 1. The van der Waals surface area contributed by atoms with Gasteiger partial charge < -0.3 is 14.6 Å². The number of piperazine rings is 1. The van der Waals surface area contributed by atoms with E-state index in [4.69, 9.17) is 4.42 Å². The van der Waals surface area contributed by atoms with E-state index >= 15 is 0 Å². The van der Waals surface area contributed by atoms with Gasteiger partial charge in [0.25, 0.3) is 5.91 Å². The second-order valence-electron chi connectivity index (χ2n) is 5.71. The van der Waals surface area contributed by atoms with Crippen molar-refractivity contribution in [2.45, 2.75) is 19.4 Å². The van der Waals surface area contributed by atoms with Crippen LogP contribution in [0.25, 0.3) is 11.0 Å². The first kappa shape index (κ1) is 13.6. The van der Waals surface area contributed by atoms with Gasteiger partial charge in [-0.3, -0.25) is 4.79 Å². The van der Waals surface area contributed by atoms with Crippen molar-refractivity contribution in [1.82, 2.24) is 10.2 Å². The van der Waals surface area contributed by atoms with Crippen LogP contribution in [0.2, 0.25) is 0 Å². The van der Waals surface area contributed by atoms with Crippen molar-refractivity contribution in [2.24, 2.45) is 0 Å². The Morgan fingerprint density at radius 2 is 2.25 bits per heavy atom. The monoisotopic (exact) mass is 336 g/mol. The molecule has 1 aliphatic heterocycles. The molecule has 1 N–H and O–H groups in total. The van der Waals surface area contributed by atoms with Gasteiger partial charge in [0.05, 0.1) is 10.0 Å². The molecule has 2 aromatic rings. The molecule has 0 spiro atoms. The van der Waals surface area contributed by atoms with E-state index in [2.05, 4.69) is 35.1 Å². The fraction of sp³-hybridized carbons (Fsp3) is 0.400. The molecule has 106 valence electrons. The van der Waals surface area contributed by atoms with E-state index in [1.807, 2.05) is 29.2 Å². The summed E-state index contributed by atoms with van der Waals surface area (Å²) in [5.41, 5.74) is 0.523. The minimum atomic E-state index is -0.203. The third kappa shape index (κ3) is 2.25. The summed E-state index contributed by atoms with van der Waals surface area (Å²) in [5.74, 6) is 0.362. The van der Waals surface area contributed by atoms with Crippen molar-refractivity contribution in [3.8, 4) is 0 Å². The van der Waals surface area contributed by atoms with Crippen LogP contribution in [0.4, 0.5) is 0 Å². The van der Waals surface area contributed by atoms with Gasteiger partial charge in [0, 0.05) is 25.0 Å². The molecule has 0 saturated carbocycles. The van der Waals surface area contributed by atoms with Gasteiger partial charge >= 0.3 is 0 Å². The number of nitrogens with one attached hydrogen (secondary N) is 1. The molecule has 0 unspecified atom stereocenters. The van der Waals surface area contributed by atoms with E-state index in [1.165, 1.54) is 0 Å². The number of fused-ring (bicyclic) bond motifs is 1. The molecule has 1 aliphatic rings. The van der Waals surface area contributed by atoms with Crippen molar-refractivity contribution in [2.75, 3.05) is 19.6 Å². The van der Waals surface area contributed by atoms with Crippen molar-refractivity contribution in [1.29, 1.82) is 0 Å². The highest BCUT2D eigenvalue weighted by Gasteiger charge is 2.35. The minimum absolute atomic E-state index is 0.0420. The molecule has 1 aromatic carbocycles. The smallest absolute Gasteiger partial charge is 0.290 e. The van der Waals surface area contributed by atoms with Crippen LogP contribution in [0.15, 0.2) is 33.2 Å². The number of halogens is 1. The molecule has 1 fully saturated rings. The largest absolute Gasteiger partial charge is 0.450 e. The molecule has 1 saturated heterocycles. The second-order valence-corrected chi connectivity index (χ2v) is 6.57. The molecule has 1 aromatic heterocycles. The lowest BCUT2D eigenvalue weighted by atomic mass is 10.00. The maximum atomic E-state index is 12.7. The summed E-state index contributed by atoms with van der Waals surface area (Å²) in [4.78, 5) is 14.6. The predicted molar refractivity (Wildman–Crippen MR) is 81.9 cm³/mol. The molecule has 3 rings (SSSR count). The summed E-state index contributed by atoms with van der Waals surface area (Å²) < 4.78 is 6.62. The number of furan rings is 1. The molecular formula is C15H17BrN2O2. The van der Waals surface area contributed by atoms with Gasteiger partial charge in [0.15, 0.2) is 5.76 Å². The normalized spacial score (nSPS) is 18.4. The molecule has 4 nitrogen and oxygen atoms in total. The highest BCUT2D eigenvalue weighted by atomic mass is 79.9. The number of para-hydroxylation sites is 1. The Kier molecular flexibility index (Phi) is 3.34. The fourth-order valence-electron chi connectivity index (χ4n) is 2.63. The molecule has 0 aliphatic carbocycles. The molecule has 0 radical (unpaired) electrons. The van der Waals surface area contributed by atoms with Crippen molar-refractivity contribution >= 4 is 32.8 Å². The number of carbonyl (C=O) groups is 1. The molecule has 2 heterocycles. The van der Waals surface area contributed by atoms with E-state index in [-0.39, 0.29) is 11.4 Å². The average molecular weight is 337 g/mol. The van der Waals surface area contributed by atoms with Gasteiger partial charge in [-0.25, -0.2) is 0 Å². The Hall–Kier alpha value is -1.33. The molecule has 0 atom stereocenters. The first-order chi connectivity index (χ1) is 9.49. The van der Waals surface area contributed by atoms with E-state index in [0.717, 1.165) is 28.5 Å². The maximum Gasteiger partial charge on any atom is 0.290 e. The van der Waals surface area contributed by atoms with Crippen LogP contribution in [0.3, 0.4) is 0 Å². The number of benzene rings is 1. The van der Waals surface area contributed by atoms with E-state index in [0.29, 0.717) is 12.3 Å². The lowest BCUT2D eigenvalue weighted by Gasteiger charge is -2.42. The summed E-state index contributed by atoms with van der Waals surface area (Å²) in [7, 11) is 0. The van der Waals surface area contributed by atoms with Crippen LogP contribution in [0, 0.1) is 0 Å². The first-order valence-electron chi connectivity index (χ1n) is 6.70. The van der Waals surface area contributed by atoms with Crippen LogP contribution in [-0.2, 0) is 0 Å². The zero-order valence-corrected chi connectivity index (χ0v) is 13.2. The third-order valence-electron chi connectivity index (χ3n) is 3.75. The fourth-order valence-corrected chi connectivity index (χ4v) is 3.09. The lowest BCUT2D eigenvalue weighted by molar-refractivity contribution is 0.0448. The maximum absolute atomic E-state index is 12.7. The molecule has 1 amide bonds. The number of amides is 1. The van der Waals surface area contributed by atoms with Gasteiger partial charge in [0.1, 0.15) is 5.58 Å². The van der Waals surface area contributed by atoms with Crippen molar-refractivity contribution in [3.05, 3.63) is 34.5 Å². The zero-order valence-electron chi connectivity index (χ0n) is 11.6. The summed E-state index contributed by atoms with van der Waals surface area (Å²) in [6.07, 6.45) is 0. The number of hydrogen-bond acceptors (Lipinski definition) is 3. The Labute approximate surface area is 126 Å². The number of rotatable bonds is 1. The highest BCUT2D eigenvalue weighted by molar-refractivity contribution is 9.10. The van der Waals surface area contributed by atoms with Crippen LogP contribution in [0.1, 0.15) is 24.4 Å². The summed E-state index contributed by atoms with van der Waals surface area (Å²) in [5, 5.41) is 4.26. The summed E-state index contributed by atoms with van der Waals surface area (Å²) in [6.45, 7) is 6.44. The quantitative estimate of drug-likeness (QED) is 0.870. The zero-order chi connectivity index (χ0) is 14.3. The van der Waals surface area contributed by atoms with Gasteiger partial charge in [0.2, 0.25) is 0 Å². The second kappa shape index (κ2) is 4.90. The van der Waals surface area contributed by atoms with E-state index in [9.17, 15) is 4.79 Å². The SMILES string of the molecule is CC1(C)CNCCN1C(=O)c1cc2cccc(Br)c2o1. The number of hydrogen-bond donors (Lipinski definition) is 1. The average Bonchev–Trinajstić information content (AvgIpc) is 2.83. The Morgan fingerprint density at radius 1 is 1.45 bits per heavy atom. The summed E-state index contributed by atoms with van der Waals surface area (Å²) in [6, 6.07) is 7.61. The molecular weight excluding hydrogens is 320 g/mol. The number of carbonyl (C=O) groups excluding carboxylic acids is 1. The Morgan fingerprint density at radius 3 is 2.95 bits per heavy atom. The first-order valence-corrected chi connectivity index (χ1v) is 7.49. The van der Waals surface area contributed by atoms with Crippen LogP contribution < -0.4 is 5.32 Å². The van der Waals surface area contributed by atoms with Gasteiger partial charge in [-0.05, 0) is 41.9 Å². The standard InChI is InChI=1S/C15H17BrN2O2/c1-15(2)9-17-6-7-18(15)14(19)12-8-10-4-3-5-11(16)13(10)20-12/h3-5,8,17H,6-7,9H2,1-2H3.